The minimum Gasteiger partial charge on any atom is -0.0622 e. The Kier molecular flexibility index (Phi) is 8.06. The van der Waals surface area contributed by atoms with E-state index in [0.717, 1.165) is 0 Å². The maximum Gasteiger partial charge on any atom is -0.00673 e. The molecule has 0 atom stereocenters. The average Bonchev–Trinajstić information content (AvgIpc) is 3.08. The molecule has 0 bridgehead atoms. The normalized spacial score (nSPS) is 12.3. The molecule has 0 saturated heterocycles. The molecule has 0 aliphatic heterocycles. The van der Waals surface area contributed by atoms with Crippen molar-refractivity contribution in [1.29, 1.82) is 0 Å². The molecule has 6 aromatic carbocycles. The molecule has 0 fully saturated rings. The van der Waals surface area contributed by atoms with Crippen molar-refractivity contribution >= 4 is 22.3 Å². The fraction of sp³-hybridized carbons (Fsp3) is 0.0476. The smallest absolute Gasteiger partial charge is 0.00673 e. The van der Waals surface area contributed by atoms with Crippen LogP contribution < -0.4 is 0 Å². The lowest BCUT2D eigenvalue weighted by Gasteiger charge is -2.21. The number of rotatable bonds is 7. The molecule has 0 heteroatoms. The van der Waals surface area contributed by atoms with Crippen LogP contribution in [0.2, 0.25) is 0 Å². The highest BCUT2D eigenvalue weighted by Crippen LogP contribution is 2.42. The predicted octanol–water partition coefficient (Wildman–Crippen LogP) is 11.6. The van der Waals surface area contributed by atoms with E-state index in [9.17, 15) is 0 Å². The Hall–Kier alpha value is -5.20. The second kappa shape index (κ2) is 12.5. The van der Waals surface area contributed by atoms with Crippen LogP contribution in [0.4, 0.5) is 0 Å². The Bertz CT molecular complexity index is 1700. The monoisotopic (exact) mass is 538 g/mol. The van der Waals surface area contributed by atoms with Gasteiger partial charge in [0.05, 0.1) is 0 Å². The van der Waals surface area contributed by atoms with E-state index >= 15 is 0 Å². The summed E-state index contributed by atoms with van der Waals surface area (Å²) in [6.45, 7) is 4.53. The fourth-order valence-corrected chi connectivity index (χ4v) is 5.72. The third-order valence-electron chi connectivity index (χ3n) is 7.93. The molecule has 0 aromatic heterocycles. The van der Waals surface area contributed by atoms with Gasteiger partial charge in [0.25, 0.3) is 0 Å². The van der Waals surface area contributed by atoms with Crippen molar-refractivity contribution in [3.8, 4) is 22.3 Å². The van der Waals surface area contributed by atoms with E-state index in [-0.39, 0.29) is 0 Å². The molecule has 0 radical (unpaired) electrons. The van der Waals surface area contributed by atoms with Crippen molar-refractivity contribution in [2.24, 2.45) is 0 Å². The first-order chi connectivity index (χ1) is 20.7. The van der Waals surface area contributed by atoms with E-state index in [0.29, 0.717) is 0 Å². The summed E-state index contributed by atoms with van der Waals surface area (Å²) in [7, 11) is 0. The molecule has 0 unspecified atom stereocenters. The van der Waals surface area contributed by atoms with Crippen LogP contribution in [-0.4, -0.2) is 0 Å². The molecule has 0 amide bonds. The van der Waals surface area contributed by atoms with Gasteiger partial charge in [0.1, 0.15) is 0 Å². The lowest BCUT2D eigenvalue weighted by Crippen LogP contribution is -1.98. The summed E-state index contributed by atoms with van der Waals surface area (Å²) in [6.07, 6.45) is 0. The second-order valence-electron chi connectivity index (χ2n) is 10.6. The zero-order valence-corrected chi connectivity index (χ0v) is 24.2. The summed E-state index contributed by atoms with van der Waals surface area (Å²) < 4.78 is 0. The third kappa shape index (κ3) is 5.80. The molecule has 0 aliphatic carbocycles. The minimum atomic E-state index is 1.21. The molecule has 0 nitrogen and oxygen atoms in total. The van der Waals surface area contributed by atoms with Crippen LogP contribution in [0.1, 0.15) is 36.1 Å². The maximum atomic E-state index is 2.32. The van der Waals surface area contributed by atoms with Gasteiger partial charge in [-0.15, -0.1) is 0 Å². The summed E-state index contributed by atoms with van der Waals surface area (Å²) in [5, 5.41) is 0. The Morgan fingerprint density at radius 1 is 0.286 bits per heavy atom. The largest absolute Gasteiger partial charge is 0.0622 e. The molecule has 6 rings (SSSR count). The highest BCUT2D eigenvalue weighted by atomic mass is 14.2. The van der Waals surface area contributed by atoms with Crippen molar-refractivity contribution in [3.63, 3.8) is 0 Å². The van der Waals surface area contributed by atoms with Crippen LogP contribution in [0.5, 0.6) is 0 Å². The van der Waals surface area contributed by atoms with Crippen LogP contribution in [-0.2, 0) is 0 Å². The molecule has 0 saturated carbocycles. The first kappa shape index (κ1) is 27.0. The van der Waals surface area contributed by atoms with E-state index in [4.69, 9.17) is 0 Å². The van der Waals surface area contributed by atoms with Crippen molar-refractivity contribution in [1.82, 2.24) is 0 Å². The molecule has 6 aromatic rings. The number of allylic oxidation sites excluding steroid dienone is 4. The number of hydrogen-bond acceptors (Lipinski definition) is 0. The van der Waals surface area contributed by atoms with Gasteiger partial charge in [-0.3, -0.25) is 0 Å². The highest BCUT2D eigenvalue weighted by Gasteiger charge is 2.19. The van der Waals surface area contributed by atoms with Gasteiger partial charge < -0.3 is 0 Å². The van der Waals surface area contributed by atoms with Gasteiger partial charge in [-0.25, -0.2) is 0 Å². The zero-order valence-electron chi connectivity index (χ0n) is 24.2. The highest BCUT2D eigenvalue weighted by molar-refractivity contribution is 6.21. The van der Waals surface area contributed by atoms with Crippen molar-refractivity contribution in [3.05, 3.63) is 192 Å². The lowest BCUT2D eigenvalue weighted by atomic mass is 9.82. The minimum absolute atomic E-state index is 1.21. The van der Waals surface area contributed by atoms with Crippen molar-refractivity contribution in [2.75, 3.05) is 0 Å². The average molecular weight is 539 g/mol. The topological polar surface area (TPSA) is 0 Å². The van der Waals surface area contributed by atoms with Gasteiger partial charge in [0, 0.05) is 0 Å². The van der Waals surface area contributed by atoms with Crippen molar-refractivity contribution < 1.29 is 0 Å². The number of benzene rings is 6. The molecule has 0 spiro atoms. The van der Waals surface area contributed by atoms with Crippen LogP contribution in [0.3, 0.4) is 0 Å². The van der Waals surface area contributed by atoms with Crippen LogP contribution in [0, 0.1) is 0 Å². The van der Waals surface area contributed by atoms with Gasteiger partial charge in [-0.1, -0.05) is 158 Å². The zero-order chi connectivity index (χ0) is 28.7. The summed E-state index contributed by atoms with van der Waals surface area (Å²) in [6, 6.07) is 60.8. The van der Waals surface area contributed by atoms with E-state index < -0.39 is 0 Å². The van der Waals surface area contributed by atoms with E-state index in [2.05, 4.69) is 184 Å². The standard InChI is InChI=1S/C42H34/c1-31(37-25-15-27-39(29-37)33-17-7-3-8-18-33)41(35-21-11-5-12-22-35)42(36-23-13-6-14-24-36)32(2)38-26-16-28-40(30-38)34-19-9-4-10-20-34/h3-30H,1-2H3/b41-31+,42-32+. The molecule has 0 N–H and O–H groups in total. The van der Waals surface area contributed by atoms with Gasteiger partial charge in [-0.2, -0.15) is 0 Å². The Balaban J connectivity index is 1.61. The summed E-state index contributed by atoms with van der Waals surface area (Å²) in [4.78, 5) is 0. The van der Waals surface area contributed by atoms with E-state index in [1.165, 1.54) is 66.8 Å². The van der Waals surface area contributed by atoms with Crippen LogP contribution in [0.25, 0.3) is 44.5 Å². The van der Waals surface area contributed by atoms with E-state index in [1.54, 1.807) is 0 Å². The fourth-order valence-electron chi connectivity index (χ4n) is 5.72. The Morgan fingerprint density at radius 2 is 0.571 bits per heavy atom. The quantitative estimate of drug-likeness (QED) is 0.140. The van der Waals surface area contributed by atoms with Gasteiger partial charge in [0.15, 0.2) is 0 Å². The SMILES string of the molecule is C/C(=C(\C(=C(/C)c1cccc(-c2ccccc2)c1)c1ccccc1)c1ccccc1)c1cccc(-c2ccccc2)c1. The molecular weight excluding hydrogens is 504 g/mol. The molecule has 202 valence electrons. The summed E-state index contributed by atoms with van der Waals surface area (Å²) in [5.41, 5.74) is 14.7. The lowest BCUT2D eigenvalue weighted by molar-refractivity contribution is 1.50. The van der Waals surface area contributed by atoms with E-state index in [1.807, 2.05) is 0 Å². The molecule has 42 heavy (non-hydrogen) atoms. The molecule has 0 heterocycles. The van der Waals surface area contributed by atoms with Gasteiger partial charge in [-0.05, 0) is 92.8 Å². The Labute approximate surface area is 250 Å². The van der Waals surface area contributed by atoms with Crippen LogP contribution >= 0.6 is 0 Å². The summed E-state index contributed by atoms with van der Waals surface area (Å²) in [5.74, 6) is 0. The summed E-state index contributed by atoms with van der Waals surface area (Å²) >= 11 is 0. The van der Waals surface area contributed by atoms with Crippen molar-refractivity contribution in [2.45, 2.75) is 13.8 Å². The molecular formula is C42H34. The maximum absolute atomic E-state index is 2.32. The third-order valence-corrected chi connectivity index (χ3v) is 7.93. The second-order valence-corrected chi connectivity index (χ2v) is 10.6. The predicted molar refractivity (Wildman–Crippen MR) is 182 cm³/mol. The van der Waals surface area contributed by atoms with Gasteiger partial charge in [0.2, 0.25) is 0 Å². The molecule has 0 aliphatic rings. The first-order valence-electron chi connectivity index (χ1n) is 14.5. The first-order valence-corrected chi connectivity index (χ1v) is 14.5. The van der Waals surface area contributed by atoms with Crippen LogP contribution in [0.15, 0.2) is 170 Å². The van der Waals surface area contributed by atoms with Gasteiger partial charge >= 0.3 is 0 Å². The Morgan fingerprint density at radius 3 is 0.929 bits per heavy atom. The number of hydrogen-bond donors (Lipinski definition) is 0.